The minimum absolute atomic E-state index is 1.14. The minimum atomic E-state index is 1.14. The van der Waals surface area contributed by atoms with Crippen LogP contribution in [0.5, 0.6) is 0 Å². The first-order chi connectivity index (χ1) is 3.79. The zero-order chi connectivity index (χ0) is 5.98. The third kappa shape index (κ3) is 1.03. The van der Waals surface area contributed by atoms with Gasteiger partial charge in [0.15, 0.2) is 0 Å². The summed E-state index contributed by atoms with van der Waals surface area (Å²) in [6.45, 7) is 2.01. The molecule has 0 fully saturated rings. The van der Waals surface area contributed by atoms with E-state index in [1.165, 1.54) is 0 Å². The molecule has 0 atom stereocenters. The number of nitrogens with zero attached hydrogens (tertiary/aromatic N) is 1. The molecule has 2 nitrogen and oxygen atoms in total. The van der Waals surface area contributed by atoms with Gasteiger partial charge in [-0.05, 0) is 12.5 Å². The van der Waals surface area contributed by atoms with Gasteiger partial charge in [0.25, 0.3) is 0 Å². The van der Waals surface area contributed by atoms with Crippen LogP contribution in [-0.4, -0.2) is 12.1 Å². The Kier molecular flexibility index (Phi) is 1.24. The number of allylic oxidation sites excluding steroid dienone is 2. The van der Waals surface area contributed by atoms with Gasteiger partial charge in [0, 0.05) is 25.5 Å². The molecule has 0 aromatic heterocycles. The largest absolute Gasteiger partial charge is 0.306 e. The normalized spacial score (nSPS) is 17.8. The Hall–Kier alpha value is -0.920. The molecule has 1 aliphatic rings. The Balaban J connectivity index is 2.63. The van der Waals surface area contributed by atoms with Crippen molar-refractivity contribution < 1.29 is 0 Å². The average Bonchev–Trinajstić information content (AvgIpc) is 1.64. The van der Waals surface area contributed by atoms with Crippen molar-refractivity contribution in [3.63, 3.8) is 0 Å². The molecule has 0 aromatic carbocycles. The van der Waals surface area contributed by atoms with Crippen LogP contribution in [0.2, 0.25) is 0 Å². The van der Waals surface area contributed by atoms with Crippen LogP contribution < -0.4 is 5.43 Å². The predicted octanol–water partition coefficient (Wildman–Crippen LogP) is 0.657. The highest BCUT2D eigenvalue weighted by Crippen LogP contribution is 1.97. The van der Waals surface area contributed by atoms with E-state index in [0.29, 0.717) is 0 Å². The first kappa shape index (κ1) is 5.22. The Morgan fingerprint density at radius 3 is 2.88 bits per heavy atom. The van der Waals surface area contributed by atoms with Gasteiger partial charge in [-0.1, -0.05) is 0 Å². The summed E-state index contributed by atoms with van der Waals surface area (Å²) >= 11 is 0. The lowest BCUT2D eigenvalue weighted by molar-refractivity contribution is 0.377. The Morgan fingerprint density at radius 2 is 2.50 bits per heavy atom. The third-order valence-electron chi connectivity index (χ3n) is 0.955. The summed E-state index contributed by atoms with van der Waals surface area (Å²) in [6.07, 6.45) is 6.75. The van der Waals surface area contributed by atoms with Crippen molar-refractivity contribution in [1.82, 2.24) is 10.4 Å². The zero-order valence-electron chi connectivity index (χ0n) is 5.10. The molecule has 0 aromatic rings. The lowest BCUT2D eigenvalue weighted by Crippen LogP contribution is -2.26. The molecule has 0 unspecified atom stereocenters. The molecule has 0 aliphatic carbocycles. The van der Waals surface area contributed by atoms with E-state index in [9.17, 15) is 0 Å². The minimum Gasteiger partial charge on any atom is -0.306 e. The van der Waals surface area contributed by atoms with Crippen molar-refractivity contribution in [2.24, 2.45) is 0 Å². The van der Waals surface area contributed by atoms with Gasteiger partial charge in [-0.25, -0.2) is 0 Å². The molecule has 2 heteroatoms. The Morgan fingerprint density at radius 1 is 1.75 bits per heavy atom. The van der Waals surface area contributed by atoms with E-state index >= 15 is 0 Å². The second-order valence-electron chi connectivity index (χ2n) is 1.84. The predicted molar refractivity (Wildman–Crippen MR) is 32.5 cm³/mol. The molecule has 0 saturated carbocycles. The molecule has 43 valence electrons. The second kappa shape index (κ2) is 1.90. The molecular weight excluding hydrogens is 100 g/mol. The summed E-state index contributed by atoms with van der Waals surface area (Å²) in [5, 5.41) is 1.88. The number of hydrogen-bond acceptors (Lipinski definition) is 2. The zero-order valence-corrected chi connectivity index (χ0v) is 5.10. The van der Waals surface area contributed by atoms with Crippen molar-refractivity contribution in [3.8, 4) is 0 Å². The summed E-state index contributed by atoms with van der Waals surface area (Å²) in [5.74, 6) is 0. The monoisotopic (exact) mass is 109 g/mol. The van der Waals surface area contributed by atoms with Gasteiger partial charge in [0.2, 0.25) is 0 Å². The molecule has 1 N–H and O–H groups in total. The molecule has 0 bridgehead atoms. The Bertz CT molecular complexity index is 135. The van der Waals surface area contributed by atoms with Crippen LogP contribution in [0.15, 0.2) is 18.0 Å². The van der Waals surface area contributed by atoms with Crippen LogP contribution in [-0.2, 0) is 0 Å². The van der Waals surface area contributed by atoms with E-state index in [1.54, 1.807) is 6.20 Å². The van der Waals surface area contributed by atoms with Crippen LogP contribution >= 0.6 is 0 Å². The summed E-state index contributed by atoms with van der Waals surface area (Å²) in [7, 11) is 1.95. The quantitative estimate of drug-likeness (QED) is 0.491. The second-order valence-corrected chi connectivity index (χ2v) is 1.84. The van der Waals surface area contributed by atoms with Gasteiger partial charge >= 0.3 is 0 Å². The molecule has 0 spiro atoms. The van der Waals surface area contributed by atoms with Crippen molar-refractivity contribution in [2.75, 3.05) is 7.05 Å². The van der Waals surface area contributed by atoms with Gasteiger partial charge in [0.1, 0.15) is 0 Å². The van der Waals surface area contributed by atoms with Gasteiger partial charge in [-0.2, -0.15) is 0 Å². The molecule has 1 heterocycles. The van der Waals surface area contributed by atoms with E-state index in [0.717, 1.165) is 5.57 Å². The molecule has 8 heavy (non-hydrogen) atoms. The van der Waals surface area contributed by atoms with Gasteiger partial charge in [-0.15, -0.1) is 0 Å². The fraction of sp³-hybridized carbons (Fsp3) is 0.333. The maximum atomic E-state index is 3.00. The van der Waals surface area contributed by atoms with E-state index < -0.39 is 0 Å². The average molecular weight is 109 g/mol. The van der Waals surface area contributed by atoms with Crippen LogP contribution in [0.1, 0.15) is 6.92 Å². The maximum Gasteiger partial charge on any atom is 0.0274 e. The van der Waals surface area contributed by atoms with Crippen LogP contribution in [0, 0.1) is 6.08 Å². The van der Waals surface area contributed by atoms with Crippen LogP contribution in [0.4, 0.5) is 0 Å². The highest BCUT2D eigenvalue weighted by molar-refractivity contribution is 5.10. The third-order valence-corrected chi connectivity index (χ3v) is 0.955. The molecule has 1 aliphatic heterocycles. The highest BCUT2D eigenvalue weighted by Gasteiger charge is 1.91. The summed E-state index contributed by atoms with van der Waals surface area (Å²) in [6, 6.07) is 0. The first-order valence-corrected chi connectivity index (χ1v) is 2.55. The molecule has 1 rings (SSSR count). The van der Waals surface area contributed by atoms with E-state index in [4.69, 9.17) is 0 Å². The number of rotatable bonds is 0. The fourth-order valence-electron chi connectivity index (χ4n) is 0.613. The lowest BCUT2D eigenvalue weighted by Gasteiger charge is -2.17. The number of hydrazine groups is 1. The smallest absolute Gasteiger partial charge is 0.0274 e. The first-order valence-electron chi connectivity index (χ1n) is 2.55. The number of hydrogen-bond donors (Lipinski definition) is 1. The van der Waals surface area contributed by atoms with Gasteiger partial charge < -0.3 is 5.43 Å². The van der Waals surface area contributed by atoms with Crippen LogP contribution in [0.3, 0.4) is 0 Å². The SMILES string of the molecule is CC1=CN(C)NC=[C]1. The topological polar surface area (TPSA) is 15.3 Å². The van der Waals surface area contributed by atoms with E-state index in [1.807, 2.05) is 25.2 Å². The Labute approximate surface area is 49.5 Å². The van der Waals surface area contributed by atoms with E-state index in [-0.39, 0.29) is 0 Å². The standard InChI is InChI=1S/C6H9N2/c1-6-3-4-7-8(2)5-6/h4-5,7H,1-2H3. The highest BCUT2D eigenvalue weighted by atomic mass is 15.5. The summed E-state index contributed by atoms with van der Waals surface area (Å²) in [5.41, 5.74) is 4.08. The lowest BCUT2D eigenvalue weighted by atomic mass is 10.3. The van der Waals surface area contributed by atoms with E-state index in [2.05, 4.69) is 11.5 Å². The molecule has 0 saturated heterocycles. The molecule has 1 radical (unpaired) electrons. The van der Waals surface area contributed by atoms with Crippen molar-refractivity contribution in [1.29, 1.82) is 0 Å². The van der Waals surface area contributed by atoms with Crippen molar-refractivity contribution in [2.45, 2.75) is 6.92 Å². The number of nitrogens with one attached hydrogen (secondary N) is 1. The van der Waals surface area contributed by atoms with Gasteiger partial charge in [-0.3, -0.25) is 5.01 Å². The van der Waals surface area contributed by atoms with Crippen molar-refractivity contribution >= 4 is 0 Å². The fourth-order valence-corrected chi connectivity index (χ4v) is 0.613. The molecule has 0 amide bonds. The van der Waals surface area contributed by atoms with Crippen LogP contribution in [0.25, 0.3) is 0 Å². The maximum absolute atomic E-state index is 3.00. The molecular formula is C6H9N2. The van der Waals surface area contributed by atoms with Crippen molar-refractivity contribution in [3.05, 3.63) is 24.0 Å². The summed E-state index contributed by atoms with van der Waals surface area (Å²) < 4.78 is 0. The summed E-state index contributed by atoms with van der Waals surface area (Å²) in [4.78, 5) is 0. The van der Waals surface area contributed by atoms with Gasteiger partial charge in [0.05, 0.1) is 0 Å².